The summed E-state index contributed by atoms with van der Waals surface area (Å²) in [5.41, 5.74) is 5.37. The highest BCUT2D eigenvalue weighted by atomic mass is 16.5. The molecule has 38 heavy (non-hydrogen) atoms. The summed E-state index contributed by atoms with van der Waals surface area (Å²) in [6.07, 6.45) is 7.90. The fraction of sp³-hybridized carbons (Fsp3) is 0.152. The molecule has 0 atom stereocenters. The molecular weight excluding hydrogens is 472 g/mol. The Labute approximate surface area is 222 Å². The van der Waals surface area contributed by atoms with Crippen LogP contribution in [0.25, 0.3) is 17.0 Å². The first-order chi connectivity index (χ1) is 18.6. The fourth-order valence-electron chi connectivity index (χ4n) is 4.90. The van der Waals surface area contributed by atoms with E-state index in [9.17, 15) is 9.59 Å². The van der Waals surface area contributed by atoms with E-state index >= 15 is 0 Å². The average Bonchev–Trinajstić information content (AvgIpc) is 3.35. The highest BCUT2D eigenvalue weighted by Crippen LogP contribution is 2.31. The molecule has 0 spiro atoms. The number of nitrogens with zero attached hydrogens (tertiary/aromatic N) is 2. The number of fused-ring (bicyclic) bond motifs is 1. The number of aromatic nitrogens is 2. The van der Waals surface area contributed by atoms with Crippen LogP contribution in [0.5, 0.6) is 0 Å². The van der Waals surface area contributed by atoms with Gasteiger partial charge in [0.2, 0.25) is 0 Å². The first kappa shape index (κ1) is 25.0. The predicted molar refractivity (Wildman–Crippen MR) is 152 cm³/mol. The molecule has 2 aromatic heterocycles. The monoisotopic (exact) mass is 502 g/mol. The standard InChI is InChI=1S/C33H30N2O3/c1-2-38-32(37)24-34-22-20-29-25(15-9-17-30(29)34)16-10-21-35-23-28(18-19-31(35)36)33(26-11-5-3-6-12-26)27-13-7-4-8-14-27/h3-20,22-23,33H,2,21,24H2,1H3. The number of hydrogen-bond donors (Lipinski definition) is 0. The molecule has 0 unspecified atom stereocenters. The Morgan fingerprint density at radius 2 is 1.53 bits per heavy atom. The van der Waals surface area contributed by atoms with E-state index in [1.807, 2.05) is 95.8 Å². The lowest BCUT2D eigenvalue weighted by atomic mass is 9.86. The third-order valence-corrected chi connectivity index (χ3v) is 6.66. The van der Waals surface area contributed by atoms with Crippen LogP contribution in [0.3, 0.4) is 0 Å². The number of allylic oxidation sites excluding steroid dienone is 1. The SMILES string of the molecule is CCOC(=O)Cn1ccc2c(C=CCn3cc(C(c4ccccc4)c4ccccc4)ccc3=O)cccc21. The van der Waals surface area contributed by atoms with Crippen LogP contribution < -0.4 is 5.56 Å². The van der Waals surface area contributed by atoms with E-state index in [0.717, 1.165) is 22.0 Å². The summed E-state index contributed by atoms with van der Waals surface area (Å²) >= 11 is 0. The summed E-state index contributed by atoms with van der Waals surface area (Å²) in [7, 11) is 0. The zero-order valence-corrected chi connectivity index (χ0v) is 21.4. The van der Waals surface area contributed by atoms with E-state index in [1.165, 1.54) is 11.1 Å². The molecular formula is C33H30N2O3. The second-order valence-corrected chi connectivity index (χ2v) is 9.14. The van der Waals surface area contributed by atoms with Gasteiger partial charge in [0.25, 0.3) is 5.56 Å². The Morgan fingerprint density at radius 3 is 2.21 bits per heavy atom. The molecule has 0 radical (unpaired) electrons. The minimum absolute atomic E-state index is 0.0288. The summed E-state index contributed by atoms with van der Waals surface area (Å²) in [4.78, 5) is 24.7. The van der Waals surface area contributed by atoms with Crippen LogP contribution in [0.4, 0.5) is 0 Å². The van der Waals surface area contributed by atoms with Crippen molar-refractivity contribution in [2.24, 2.45) is 0 Å². The van der Waals surface area contributed by atoms with Crippen molar-refractivity contribution >= 4 is 22.9 Å². The maximum Gasteiger partial charge on any atom is 0.325 e. The van der Waals surface area contributed by atoms with Crippen molar-refractivity contribution in [3.8, 4) is 0 Å². The van der Waals surface area contributed by atoms with Gasteiger partial charge in [-0.05, 0) is 41.3 Å². The number of pyridine rings is 1. The largest absolute Gasteiger partial charge is 0.465 e. The quantitative estimate of drug-likeness (QED) is 0.224. The molecule has 0 aliphatic carbocycles. The Bertz CT molecular complexity index is 1580. The van der Waals surface area contributed by atoms with Gasteiger partial charge in [-0.25, -0.2) is 0 Å². The summed E-state index contributed by atoms with van der Waals surface area (Å²) in [5.74, 6) is -0.226. The van der Waals surface area contributed by atoms with Crippen LogP contribution >= 0.6 is 0 Å². The van der Waals surface area contributed by atoms with Crippen molar-refractivity contribution in [1.29, 1.82) is 0 Å². The number of ether oxygens (including phenoxy) is 1. The van der Waals surface area contributed by atoms with Gasteiger partial charge in [-0.3, -0.25) is 9.59 Å². The van der Waals surface area contributed by atoms with Gasteiger partial charge < -0.3 is 13.9 Å². The minimum Gasteiger partial charge on any atom is -0.465 e. The number of carbonyl (C=O) groups is 1. The van der Waals surface area contributed by atoms with E-state index in [1.54, 1.807) is 17.6 Å². The second-order valence-electron chi connectivity index (χ2n) is 9.14. The Balaban J connectivity index is 1.41. The van der Waals surface area contributed by atoms with Gasteiger partial charge in [-0.2, -0.15) is 0 Å². The Hall–Kier alpha value is -4.64. The van der Waals surface area contributed by atoms with Crippen LogP contribution in [0, 0.1) is 0 Å². The lowest BCUT2D eigenvalue weighted by Crippen LogP contribution is -2.19. The van der Waals surface area contributed by atoms with Crippen molar-refractivity contribution in [3.05, 3.63) is 148 Å². The molecule has 190 valence electrons. The summed E-state index contributed by atoms with van der Waals surface area (Å²) in [6.45, 7) is 2.79. The number of carbonyl (C=O) groups excluding carboxylic acids is 1. The van der Waals surface area contributed by atoms with E-state index in [2.05, 4.69) is 24.3 Å². The smallest absolute Gasteiger partial charge is 0.325 e. The molecule has 2 heterocycles. The van der Waals surface area contributed by atoms with Crippen LogP contribution in [-0.2, 0) is 22.6 Å². The molecule has 0 fully saturated rings. The highest BCUT2D eigenvalue weighted by Gasteiger charge is 2.17. The molecule has 5 nitrogen and oxygen atoms in total. The Kier molecular flexibility index (Phi) is 7.65. The third-order valence-electron chi connectivity index (χ3n) is 6.66. The molecule has 0 saturated carbocycles. The van der Waals surface area contributed by atoms with Gasteiger partial charge in [-0.15, -0.1) is 0 Å². The number of benzene rings is 3. The van der Waals surface area contributed by atoms with Gasteiger partial charge in [0.05, 0.1) is 6.61 Å². The molecule has 0 amide bonds. The van der Waals surface area contributed by atoms with Crippen molar-refractivity contribution in [2.45, 2.75) is 25.9 Å². The summed E-state index contributed by atoms with van der Waals surface area (Å²) in [6, 6.07) is 32.3. The van der Waals surface area contributed by atoms with Crippen LogP contribution in [0.1, 0.15) is 35.1 Å². The highest BCUT2D eigenvalue weighted by molar-refractivity contribution is 5.89. The minimum atomic E-state index is -0.255. The average molecular weight is 503 g/mol. The van der Waals surface area contributed by atoms with E-state index in [-0.39, 0.29) is 24.0 Å². The zero-order chi connectivity index (χ0) is 26.3. The fourth-order valence-corrected chi connectivity index (χ4v) is 4.90. The molecule has 0 aliphatic heterocycles. The normalized spacial score (nSPS) is 11.4. The molecule has 5 heteroatoms. The van der Waals surface area contributed by atoms with Crippen LogP contribution in [-0.4, -0.2) is 21.7 Å². The van der Waals surface area contributed by atoms with Gasteiger partial charge in [-0.1, -0.05) is 91.0 Å². The lowest BCUT2D eigenvalue weighted by molar-refractivity contribution is -0.143. The van der Waals surface area contributed by atoms with Crippen molar-refractivity contribution in [2.75, 3.05) is 6.61 Å². The van der Waals surface area contributed by atoms with Gasteiger partial charge in [0.1, 0.15) is 6.54 Å². The number of esters is 1. The topological polar surface area (TPSA) is 53.2 Å². The van der Waals surface area contributed by atoms with Crippen LogP contribution in [0.2, 0.25) is 0 Å². The number of rotatable bonds is 9. The molecule has 0 N–H and O–H groups in total. The van der Waals surface area contributed by atoms with Gasteiger partial charge in [0.15, 0.2) is 0 Å². The molecule has 3 aromatic carbocycles. The molecule has 0 saturated heterocycles. The van der Waals surface area contributed by atoms with Crippen molar-refractivity contribution in [3.63, 3.8) is 0 Å². The molecule has 0 bridgehead atoms. The van der Waals surface area contributed by atoms with Gasteiger partial charge >= 0.3 is 5.97 Å². The predicted octanol–water partition coefficient (Wildman–Crippen LogP) is 6.26. The molecule has 0 aliphatic rings. The van der Waals surface area contributed by atoms with E-state index < -0.39 is 0 Å². The van der Waals surface area contributed by atoms with Crippen molar-refractivity contribution < 1.29 is 9.53 Å². The molecule has 5 aromatic rings. The van der Waals surface area contributed by atoms with Gasteiger partial charge in [0, 0.05) is 41.8 Å². The summed E-state index contributed by atoms with van der Waals surface area (Å²) < 4.78 is 8.74. The summed E-state index contributed by atoms with van der Waals surface area (Å²) in [5, 5.41) is 1.04. The number of hydrogen-bond acceptors (Lipinski definition) is 3. The van der Waals surface area contributed by atoms with E-state index in [0.29, 0.717) is 13.2 Å². The zero-order valence-electron chi connectivity index (χ0n) is 21.4. The third kappa shape index (κ3) is 5.52. The first-order valence-electron chi connectivity index (χ1n) is 12.8. The van der Waals surface area contributed by atoms with Crippen LogP contribution in [0.15, 0.2) is 120 Å². The first-order valence-corrected chi connectivity index (χ1v) is 12.8. The van der Waals surface area contributed by atoms with Crippen molar-refractivity contribution in [1.82, 2.24) is 9.13 Å². The second kappa shape index (κ2) is 11.6. The maximum atomic E-state index is 12.8. The van der Waals surface area contributed by atoms with E-state index in [4.69, 9.17) is 4.74 Å². The Morgan fingerprint density at radius 1 is 0.816 bits per heavy atom. The lowest BCUT2D eigenvalue weighted by Gasteiger charge is -2.19. The maximum absolute atomic E-state index is 12.8. The molecule has 5 rings (SSSR count).